The summed E-state index contributed by atoms with van der Waals surface area (Å²) in [6.07, 6.45) is 5.13. The van der Waals surface area contributed by atoms with Crippen molar-refractivity contribution in [3.05, 3.63) is 12.4 Å². The molecule has 0 spiro atoms. The number of carboxylic acids is 1. The van der Waals surface area contributed by atoms with Gasteiger partial charge in [0.2, 0.25) is 20.0 Å². The first-order chi connectivity index (χ1) is 11.7. The highest BCUT2D eigenvalue weighted by atomic mass is 32.2. The third-order valence-corrected chi connectivity index (χ3v) is 8.47. The summed E-state index contributed by atoms with van der Waals surface area (Å²) in [5.74, 6) is -1.18. The number of carboxylic acid groups (broad SMARTS) is 1. The second-order valence-corrected chi connectivity index (χ2v) is 10.1. The third-order valence-electron chi connectivity index (χ3n) is 4.49. The molecule has 0 aromatic carbocycles. The summed E-state index contributed by atoms with van der Waals surface area (Å²) in [7, 11) is -7.97. The fraction of sp³-hybridized carbons (Fsp3) is 0.643. The number of hydrogen-bond acceptors (Lipinski definition) is 5. The van der Waals surface area contributed by atoms with E-state index in [9.17, 15) is 21.6 Å². The number of rotatable bonds is 6. The molecule has 0 saturated carbocycles. The van der Waals surface area contributed by atoms with Crippen molar-refractivity contribution in [2.75, 3.05) is 26.2 Å². The molecule has 25 heavy (non-hydrogen) atoms. The monoisotopic (exact) mass is 391 g/mol. The molecule has 3 heterocycles. The van der Waals surface area contributed by atoms with Crippen LogP contribution in [-0.4, -0.2) is 67.3 Å². The zero-order valence-electron chi connectivity index (χ0n) is 13.7. The predicted octanol–water partition coefficient (Wildman–Crippen LogP) is 0.142. The van der Waals surface area contributed by atoms with E-state index in [1.165, 1.54) is 8.61 Å². The Hall–Kier alpha value is -1.43. The quantitative estimate of drug-likeness (QED) is 0.737. The molecule has 2 saturated heterocycles. The predicted molar refractivity (Wildman–Crippen MR) is 88.1 cm³/mol. The molecule has 1 aromatic rings. The molecule has 140 valence electrons. The van der Waals surface area contributed by atoms with Gasteiger partial charge in [-0.05, 0) is 25.7 Å². The average molecular weight is 391 g/mol. The van der Waals surface area contributed by atoms with Crippen LogP contribution in [0.25, 0.3) is 0 Å². The number of aromatic nitrogens is 1. The zero-order valence-corrected chi connectivity index (χ0v) is 15.3. The summed E-state index contributed by atoms with van der Waals surface area (Å²) in [4.78, 5) is 10.3. The van der Waals surface area contributed by atoms with E-state index < -0.39 is 32.6 Å². The van der Waals surface area contributed by atoms with Gasteiger partial charge in [0.25, 0.3) is 0 Å². The van der Waals surface area contributed by atoms with Gasteiger partial charge in [0.05, 0.1) is 0 Å². The Kier molecular flexibility index (Phi) is 4.93. The van der Waals surface area contributed by atoms with Crippen molar-refractivity contribution in [3.63, 3.8) is 0 Å². The minimum absolute atomic E-state index is 0.331. The van der Waals surface area contributed by atoms with E-state index in [4.69, 9.17) is 5.11 Å². The Morgan fingerprint density at radius 1 is 0.840 bits per heavy atom. The Bertz CT molecular complexity index is 799. The highest BCUT2D eigenvalue weighted by Gasteiger charge is 2.37. The van der Waals surface area contributed by atoms with E-state index in [2.05, 4.69) is 0 Å². The zero-order chi connectivity index (χ0) is 18.2. The number of aliphatic carboxylic acids is 1. The third kappa shape index (κ3) is 3.46. The summed E-state index contributed by atoms with van der Waals surface area (Å²) in [5, 5.41) is 8.96. The van der Waals surface area contributed by atoms with Crippen LogP contribution in [0.5, 0.6) is 0 Å². The number of nitrogens with zero attached hydrogens (tertiary/aromatic N) is 3. The van der Waals surface area contributed by atoms with Gasteiger partial charge < -0.3 is 9.67 Å². The van der Waals surface area contributed by atoms with Crippen LogP contribution in [0.3, 0.4) is 0 Å². The molecule has 2 aliphatic heterocycles. The lowest BCUT2D eigenvalue weighted by Crippen LogP contribution is -2.32. The lowest BCUT2D eigenvalue weighted by atomic mass is 10.4. The van der Waals surface area contributed by atoms with Crippen molar-refractivity contribution in [2.24, 2.45) is 0 Å². The largest absolute Gasteiger partial charge is 0.480 e. The van der Waals surface area contributed by atoms with Crippen molar-refractivity contribution in [1.29, 1.82) is 0 Å². The SMILES string of the molecule is O=C(O)Cn1cc(S(=O)(=O)N2CCCC2)c(S(=O)(=O)N2CCCC2)c1. The highest BCUT2D eigenvalue weighted by molar-refractivity contribution is 7.92. The molecule has 3 rings (SSSR count). The molecule has 0 atom stereocenters. The normalized spacial score (nSPS) is 20.3. The smallest absolute Gasteiger partial charge is 0.323 e. The molecular weight excluding hydrogens is 370 g/mol. The van der Waals surface area contributed by atoms with E-state index in [0.717, 1.165) is 42.6 Å². The number of hydrogen-bond donors (Lipinski definition) is 1. The van der Waals surface area contributed by atoms with Crippen LogP contribution in [0.15, 0.2) is 22.2 Å². The second kappa shape index (κ2) is 6.71. The lowest BCUT2D eigenvalue weighted by molar-refractivity contribution is -0.137. The first kappa shape index (κ1) is 18.4. The van der Waals surface area contributed by atoms with Crippen LogP contribution in [0.2, 0.25) is 0 Å². The molecule has 0 aliphatic carbocycles. The van der Waals surface area contributed by atoms with Crippen LogP contribution < -0.4 is 0 Å². The van der Waals surface area contributed by atoms with Crippen LogP contribution >= 0.6 is 0 Å². The van der Waals surface area contributed by atoms with Crippen molar-refractivity contribution in [3.8, 4) is 0 Å². The number of sulfonamides is 2. The van der Waals surface area contributed by atoms with Crippen molar-refractivity contribution >= 4 is 26.0 Å². The van der Waals surface area contributed by atoms with E-state index in [0.29, 0.717) is 26.2 Å². The Labute approximate surface area is 146 Å². The van der Waals surface area contributed by atoms with Crippen molar-refractivity contribution < 1.29 is 26.7 Å². The van der Waals surface area contributed by atoms with Gasteiger partial charge in [-0.25, -0.2) is 16.8 Å². The molecule has 2 fully saturated rings. The van der Waals surface area contributed by atoms with Crippen LogP contribution in [0.1, 0.15) is 25.7 Å². The van der Waals surface area contributed by atoms with Crippen molar-refractivity contribution in [2.45, 2.75) is 42.0 Å². The first-order valence-corrected chi connectivity index (χ1v) is 11.0. The van der Waals surface area contributed by atoms with E-state index in [1.807, 2.05) is 0 Å². The molecule has 0 amide bonds. The van der Waals surface area contributed by atoms with Gasteiger partial charge in [-0.2, -0.15) is 8.61 Å². The van der Waals surface area contributed by atoms with Gasteiger partial charge in [0, 0.05) is 38.6 Å². The van der Waals surface area contributed by atoms with Crippen LogP contribution in [0, 0.1) is 0 Å². The van der Waals surface area contributed by atoms with Gasteiger partial charge in [-0.1, -0.05) is 0 Å². The lowest BCUT2D eigenvalue weighted by Gasteiger charge is -2.18. The minimum Gasteiger partial charge on any atom is -0.480 e. The van der Waals surface area contributed by atoms with Gasteiger partial charge in [0.15, 0.2) is 0 Å². The standard InChI is InChI=1S/C14H21N3O6S2/c18-14(19)11-15-9-12(24(20,21)16-5-1-2-6-16)13(10-15)25(22,23)17-7-3-4-8-17/h9-10H,1-8,11H2,(H,18,19). The average Bonchev–Trinajstić information content (AvgIpc) is 3.27. The molecule has 9 nitrogen and oxygen atoms in total. The van der Waals surface area contributed by atoms with E-state index >= 15 is 0 Å². The molecule has 2 aliphatic rings. The number of carbonyl (C=O) groups is 1. The topological polar surface area (TPSA) is 117 Å². The Morgan fingerprint density at radius 3 is 1.52 bits per heavy atom. The Morgan fingerprint density at radius 2 is 1.20 bits per heavy atom. The molecule has 11 heteroatoms. The van der Waals surface area contributed by atoms with Crippen molar-refractivity contribution in [1.82, 2.24) is 13.2 Å². The summed E-state index contributed by atoms with van der Waals surface area (Å²) in [6, 6.07) is 0. The summed E-state index contributed by atoms with van der Waals surface area (Å²) in [6.45, 7) is 0.870. The minimum atomic E-state index is -3.98. The van der Waals surface area contributed by atoms with Gasteiger partial charge in [-0.15, -0.1) is 0 Å². The highest BCUT2D eigenvalue weighted by Crippen LogP contribution is 2.31. The molecular formula is C14H21N3O6S2. The molecule has 0 radical (unpaired) electrons. The maximum atomic E-state index is 12.9. The maximum absolute atomic E-state index is 12.9. The van der Waals surface area contributed by atoms with Gasteiger partial charge in [-0.3, -0.25) is 4.79 Å². The fourth-order valence-electron chi connectivity index (χ4n) is 3.24. The molecule has 1 aromatic heterocycles. The molecule has 1 N–H and O–H groups in total. The van der Waals surface area contributed by atoms with E-state index in [1.54, 1.807) is 0 Å². The fourth-order valence-corrected chi connectivity index (χ4v) is 7.05. The van der Waals surface area contributed by atoms with Gasteiger partial charge >= 0.3 is 5.97 Å². The van der Waals surface area contributed by atoms with Crippen LogP contribution in [-0.2, 0) is 31.4 Å². The first-order valence-electron chi connectivity index (χ1n) is 8.15. The second-order valence-electron chi connectivity index (χ2n) is 6.28. The molecule has 0 unspecified atom stereocenters. The summed E-state index contributed by atoms with van der Waals surface area (Å²) >= 11 is 0. The van der Waals surface area contributed by atoms with Crippen LogP contribution in [0.4, 0.5) is 0 Å². The molecule has 0 bridgehead atoms. The maximum Gasteiger partial charge on any atom is 0.323 e. The summed E-state index contributed by atoms with van der Waals surface area (Å²) < 4.78 is 55.2. The van der Waals surface area contributed by atoms with Gasteiger partial charge in [0.1, 0.15) is 16.3 Å². The Balaban J connectivity index is 2.09. The van der Waals surface area contributed by atoms with E-state index in [-0.39, 0.29) is 9.79 Å². The summed E-state index contributed by atoms with van der Waals surface area (Å²) in [5.41, 5.74) is 0.